The number of aromatic nitrogens is 6. The Kier molecular flexibility index (Phi) is 3.61. The van der Waals surface area contributed by atoms with Crippen molar-refractivity contribution < 1.29 is 4.74 Å². The summed E-state index contributed by atoms with van der Waals surface area (Å²) in [7, 11) is 0. The van der Waals surface area contributed by atoms with Crippen LogP contribution < -0.4 is 10.5 Å². The maximum absolute atomic E-state index is 5.91. The van der Waals surface area contributed by atoms with Gasteiger partial charge in [-0.3, -0.25) is 0 Å². The standard InChI is InChI=1S/C12H10ClN7O/c13-9-3-1-2-8(4-9)5-21-12-18-10(14)17-11(19-12)20-7-15-6-16-20/h1-4,6-7H,5H2,(H2,14,17,18,19). The number of nitrogens with zero attached hydrogens (tertiary/aromatic N) is 6. The molecule has 21 heavy (non-hydrogen) atoms. The van der Waals surface area contributed by atoms with Gasteiger partial charge in [0.25, 0.3) is 5.95 Å². The highest BCUT2D eigenvalue weighted by atomic mass is 35.5. The third-order valence-electron chi connectivity index (χ3n) is 2.50. The minimum atomic E-state index is 0.0385. The molecule has 0 spiro atoms. The van der Waals surface area contributed by atoms with E-state index in [0.717, 1.165) is 5.56 Å². The lowest BCUT2D eigenvalue weighted by Gasteiger charge is -2.06. The van der Waals surface area contributed by atoms with Crippen molar-refractivity contribution >= 4 is 17.5 Å². The summed E-state index contributed by atoms with van der Waals surface area (Å²) in [6.07, 6.45) is 2.82. The summed E-state index contributed by atoms with van der Waals surface area (Å²) in [5.74, 6) is 0.276. The van der Waals surface area contributed by atoms with Crippen LogP contribution in [-0.2, 0) is 6.61 Å². The molecule has 3 aromatic rings. The minimum absolute atomic E-state index is 0.0385. The number of anilines is 1. The van der Waals surface area contributed by atoms with Crippen molar-refractivity contribution in [3.8, 4) is 12.0 Å². The third-order valence-corrected chi connectivity index (χ3v) is 2.74. The van der Waals surface area contributed by atoms with Gasteiger partial charge in [-0.1, -0.05) is 23.7 Å². The minimum Gasteiger partial charge on any atom is -0.458 e. The summed E-state index contributed by atoms with van der Waals surface area (Å²) in [6, 6.07) is 7.41. The van der Waals surface area contributed by atoms with Crippen LogP contribution in [0.4, 0.5) is 5.95 Å². The second kappa shape index (κ2) is 5.71. The molecule has 106 valence electrons. The number of ether oxygens (including phenoxy) is 1. The summed E-state index contributed by atoms with van der Waals surface area (Å²) in [4.78, 5) is 15.8. The molecule has 0 saturated carbocycles. The first-order valence-corrected chi connectivity index (χ1v) is 6.32. The van der Waals surface area contributed by atoms with Crippen molar-refractivity contribution in [2.45, 2.75) is 6.61 Å². The van der Waals surface area contributed by atoms with Crippen molar-refractivity contribution in [1.29, 1.82) is 0 Å². The van der Waals surface area contributed by atoms with Crippen molar-refractivity contribution in [2.24, 2.45) is 0 Å². The Hall–Kier alpha value is -2.74. The van der Waals surface area contributed by atoms with Crippen LogP contribution in [0.1, 0.15) is 5.56 Å². The average molecular weight is 304 g/mol. The van der Waals surface area contributed by atoms with Crippen LogP contribution >= 0.6 is 11.6 Å². The summed E-state index contributed by atoms with van der Waals surface area (Å²) in [5.41, 5.74) is 6.53. The van der Waals surface area contributed by atoms with E-state index >= 15 is 0 Å². The number of nitrogen functional groups attached to an aromatic ring is 1. The molecule has 0 unspecified atom stereocenters. The molecule has 0 bridgehead atoms. The Morgan fingerprint density at radius 1 is 1.24 bits per heavy atom. The topological polar surface area (TPSA) is 105 Å². The number of hydrogen-bond acceptors (Lipinski definition) is 7. The van der Waals surface area contributed by atoms with Gasteiger partial charge in [0.1, 0.15) is 19.3 Å². The molecule has 0 radical (unpaired) electrons. The Morgan fingerprint density at radius 2 is 2.14 bits per heavy atom. The second-order valence-electron chi connectivity index (χ2n) is 4.03. The van der Waals surface area contributed by atoms with Gasteiger partial charge in [0.2, 0.25) is 5.95 Å². The molecule has 0 aliphatic heterocycles. The zero-order chi connectivity index (χ0) is 14.7. The zero-order valence-corrected chi connectivity index (χ0v) is 11.5. The highest BCUT2D eigenvalue weighted by Gasteiger charge is 2.08. The van der Waals surface area contributed by atoms with E-state index in [1.807, 2.05) is 12.1 Å². The highest BCUT2D eigenvalue weighted by Crippen LogP contribution is 2.13. The molecule has 2 aromatic heterocycles. The van der Waals surface area contributed by atoms with E-state index in [2.05, 4.69) is 25.0 Å². The Morgan fingerprint density at radius 3 is 2.90 bits per heavy atom. The molecule has 0 saturated heterocycles. The molecule has 3 rings (SSSR count). The molecule has 2 heterocycles. The molecule has 0 aliphatic rings. The molecule has 2 N–H and O–H groups in total. The van der Waals surface area contributed by atoms with Gasteiger partial charge in [0.15, 0.2) is 0 Å². The van der Waals surface area contributed by atoms with Crippen LogP contribution in [0.15, 0.2) is 36.9 Å². The summed E-state index contributed by atoms with van der Waals surface area (Å²) < 4.78 is 6.87. The molecular formula is C12H10ClN7O. The van der Waals surface area contributed by atoms with Crippen LogP contribution in [-0.4, -0.2) is 29.7 Å². The first-order valence-electron chi connectivity index (χ1n) is 5.94. The van der Waals surface area contributed by atoms with E-state index in [0.29, 0.717) is 5.02 Å². The quantitative estimate of drug-likeness (QED) is 0.773. The predicted molar refractivity (Wildman–Crippen MR) is 74.9 cm³/mol. The number of nitrogens with two attached hydrogens (primary N) is 1. The molecule has 9 heteroatoms. The fraction of sp³-hybridized carbons (Fsp3) is 0.0833. The van der Waals surface area contributed by atoms with Gasteiger partial charge in [-0.25, -0.2) is 4.98 Å². The highest BCUT2D eigenvalue weighted by molar-refractivity contribution is 6.30. The van der Waals surface area contributed by atoms with Crippen LogP contribution in [0.5, 0.6) is 6.01 Å². The van der Waals surface area contributed by atoms with Gasteiger partial charge in [0, 0.05) is 5.02 Å². The van der Waals surface area contributed by atoms with Crippen molar-refractivity contribution in [2.75, 3.05) is 5.73 Å². The van der Waals surface area contributed by atoms with Crippen LogP contribution in [0.25, 0.3) is 5.95 Å². The van der Waals surface area contributed by atoms with Crippen LogP contribution in [0, 0.1) is 0 Å². The van der Waals surface area contributed by atoms with E-state index in [4.69, 9.17) is 22.1 Å². The fourth-order valence-electron chi connectivity index (χ4n) is 1.61. The number of halogens is 1. The molecule has 0 amide bonds. The maximum Gasteiger partial charge on any atom is 0.323 e. The van der Waals surface area contributed by atoms with Crippen molar-refractivity contribution in [1.82, 2.24) is 29.7 Å². The van der Waals surface area contributed by atoms with Crippen LogP contribution in [0.2, 0.25) is 5.02 Å². The number of benzene rings is 1. The smallest absolute Gasteiger partial charge is 0.323 e. The molecular weight excluding hydrogens is 294 g/mol. The normalized spacial score (nSPS) is 10.5. The largest absolute Gasteiger partial charge is 0.458 e. The predicted octanol–water partition coefficient (Wildman–Crippen LogP) is 1.27. The SMILES string of the molecule is Nc1nc(OCc2cccc(Cl)c2)nc(-n2cncn2)n1. The van der Waals surface area contributed by atoms with Crippen molar-refractivity contribution in [3.05, 3.63) is 47.5 Å². The monoisotopic (exact) mass is 303 g/mol. The lowest BCUT2D eigenvalue weighted by Crippen LogP contribution is -2.09. The Bertz CT molecular complexity index is 747. The molecule has 0 atom stereocenters. The van der Waals surface area contributed by atoms with E-state index < -0.39 is 0 Å². The van der Waals surface area contributed by atoms with E-state index in [1.54, 1.807) is 12.1 Å². The molecule has 0 aliphatic carbocycles. The van der Waals surface area contributed by atoms with E-state index in [1.165, 1.54) is 17.3 Å². The van der Waals surface area contributed by atoms with E-state index in [-0.39, 0.29) is 24.5 Å². The van der Waals surface area contributed by atoms with Gasteiger partial charge in [-0.2, -0.15) is 24.7 Å². The lowest BCUT2D eigenvalue weighted by molar-refractivity contribution is 0.279. The number of rotatable bonds is 4. The number of hydrogen-bond donors (Lipinski definition) is 1. The Balaban J connectivity index is 1.79. The zero-order valence-electron chi connectivity index (χ0n) is 10.7. The molecule has 0 fully saturated rings. The van der Waals surface area contributed by atoms with Gasteiger partial charge < -0.3 is 10.5 Å². The summed E-state index contributed by atoms with van der Waals surface area (Å²) in [6.45, 7) is 0.265. The molecule has 8 nitrogen and oxygen atoms in total. The molecule has 1 aromatic carbocycles. The Labute approximate surface area is 124 Å². The van der Waals surface area contributed by atoms with Crippen molar-refractivity contribution in [3.63, 3.8) is 0 Å². The van der Waals surface area contributed by atoms with Gasteiger partial charge in [-0.15, -0.1) is 0 Å². The van der Waals surface area contributed by atoms with Gasteiger partial charge in [-0.05, 0) is 17.7 Å². The maximum atomic E-state index is 5.91. The first kappa shape index (κ1) is 13.3. The average Bonchev–Trinajstić information content (AvgIpc) is 2.99. The van der Waals surface area contributed by atoms with Gasteiger partial charge in [0.05, 0.1) is 0 Å². The van der Waals surface area contributed by atoms with Gasteiger partial charge >= 0.3 is 6.01 Å². The second-order valence-corrected chi connectivity index (χ2v) is 4.47. The van der Waals surface area contributed by atoms with Crippen LogP contribution in [0.3, 0.4) is 0 Å². The van der Waals surface area contributed by atoms with E-state index in [9.17, 15) is 0 Å². The lowest BCUT2D eigenvalue weighted by atomic mass is 10.2. The summed E-state index contributed by atoms with van der Waals surface area (Å²) >= 11 is 5.91. The fourth-order valence-corrected chi connectivity index (χ4v) is 1.83. The summed E-state index contributed by atoms with van der Waals surface area (Å²) in [5, 5.41) is 4.56. The first-order chi connectivity index (χ1) is 10.2. The third kappa shape index (κ3) is 3.23.